The molecule has 6 rings (SSSR count). The molecule has 0 saturated carbocycles. The quantitative estimate of drug-likeness (QED) is 0.221. The number of hydrogen-bond donors (Lipinski definition) is 0. The number of benzene rings is 3. The van der Waals surface area contributed by atoms with Crippen LogP contribution in [0.15, 0.2) is 60.8 Å². The maximum Gasteiger partial charge on any atom is 0.312 e. The second-order valence-corrected chi connectivity index (χ2v) is 12.4. The van der Waals surface area contributed by atoms with Crippen LogP contribution in [0, 0.1) is 19.3 Å². The molecule has 5 aromatic rings. The summed E-state index contributed by atoms with van der Waals surface area (Å²) in [7, 11) is 3.35. The first kappa shape index (κ1) is 28.8. The van der Waals surface area contributed by atoms with E-state index < -0.39 is 5.41 Å². The lowest BCUT2D eigenvalue weighted by Gasteiger charge is -2.34. The smallest absolute Gasteiger partial charge is 0.312 e. The van der Waals surface area contributed by atoms with Crippen molar-refractivity contribution in [3.63, 3.8) is 0 Å². The van der Waals surface area contributed by atoms with Gasteiger partial charge in [0.2, 0.25) is 0 Å². The van der Waals surface area contributed by atoms with E-state index in [4.69, 9.17) is 9.47 Å². The number of esters is 1. The maximum absolute atomic E-state index is 13.3. The van der Waals surface area contributed by atoms with Crippen LogP contribution in [0.25, 0.3) is 21.9 Å². The van der Waals surface area contributed by atoms with E-state index in [0.29, 0.717) is 0 Å². The SMILES string of the molecule is COC(=O)C(C)(C)C(c1ccc(C)c(CN2Cc3cc4ncccc4cc3O[C@H](C)C2)c1)c1ccc2c(nnn2C)c1C. The Labute approximate surface area is 252 Å². The molecule has 3 aromatic carbocycles. The lowest BCUT2D eigenvalue weighted by Crippen LogP contribution is -2.34. The highest BCUT2D eigenvalue weighted by Gasteiger charge is 2.41. The number of nitrogens with zero attached hydrogens (tertiary/aromatic N) is 5. The average molecular weight is 578 g/mol. The molecule has 0 N–H and O–H groups in total. The van der Waals surface area contributed by atoms with Crippen LogP contribution in [0.4, 0.5) is 0 Å². The van der Waals surface area contributed by atoms with Crippen molar-refractivity contribution < 1.29 is 14.3 Å². The van der Waals surface area contributed by atoms with Crippen molar-refractivity contribution in [2.45, 2.75) is 59.7 Å². The van der Waals surface area contributed by atoms with E-state index in [1.54, 1.807) is 4.68 Å². The molecule has 0 aliphatic carbocycles. The van der Waals surface area contributed by atoms with Gasteiger partial charge in [-0.3, -0.25) is 14.7 Å². The zero-order chi connectivity index (χ0) is 30.5. The number of ether oxygens (including phenoxy) is 2. The van der Waals surface area contributed by atoms with Crippen molar-refractivity contribution in [3.05, 3.63) is 94.2 Å². The van der Waals surface area contributed by atoms with Crippen LogP contribution < -0.4 is 4.74 Å². The molecule has 0 saturated heterocycles. The zero-order valence-corrected chi connectivity index (χ0v) is 26.0. The van der Waals surface area contributed by atoms with Gasteiger partial charge in [0, 0.05) is 49.7 Å². The van der Waals surface area contributed by atoms with Crippen molar-refractivity contribution in [2.24, 2.45) is 12.5 Å². The van der Waals surface area contributed by atoms with Crippen molar-refractivity contribution in [1.82, 2.24) is 24.9 Å². The van der Waals surface area contributed by atoms with Crippen LogP contribution in [0.2, 0.25) is 0 Å². The summed E-state index contributed by atoms with van der Waals surface area (Å²) < 4.78 is 13.5. The maximum atomic E-state index is 13.3. The third kappa shape index (κ3) is 5.25. The highest BCUT2D eigenvalue weighted by Crippen LogP contribution is 2.44. The molecule has 8 heteroatoms. The third-order valence-corrected chi connectivity index (χ3v) is 8.95. The highest BCUT2D eigenvalue weighted by atomic mass is 16.5. The molecule has 1 unspecified atom stereocenters. The second-order valence-electron chi connectivity index (χ2n) is 12.4. The summed E-state index contributed by atoms with van der Waals surface area (Å²) in [5.74, 6) is 0.417. The molecular weight excluding hydrogens is 538 g/mol. The highest BCUT2D eigenvalue weighted by molar-refractivity contribution is 5.83. The van der Waals surface area contributed by atoms with Gasteiger partial charge in [-0.1, -0.05) is 35.5 Å². The van der Waals surface area contributed by atoms with Gasteiger partial charge in [-0.15, -0.1) is 5.10 Å². The van der Waals surface area contributed by atoms with E-state index in [0.717, 1.165) is 69.6 Å². The molecule has 2 aromatic heterocycles. The summed E-state index contributed by atoms with van der Waals surface area (Å²) in [5, 5.41) is 9.76. The molecule has 0 fully saturated rings. The fourth-order valence-electron chi connectivity index (χ4n) is 6.63. The molecule has 1 aliphatic heterocycles. The van der Waals surface area contributed by atoms with Gasteiger partial charge in [-0.05, 0) is 86.7 Å². The van der Waals surface area contributed by atoms with Crippen molar-refractivity contribution >= 4 is 27.9 Å². The largest absolute Gasteiger partial charge is 0.489 e. The Morgan fingerprint density at radius 2 is 1.95 bits per heavy atom. The second kappa shape index (κ2) is 11.1. The van der Waals surface area contributed by atoms with Gasteiger partial charge in [0.15, 0.2) is 0 Å². The van der Waals surface area contributed by atoms with Gasteiger partial charge in [-0.25, -0.2) is 4.68 Å². The van der Waals surface area contributed by atoms with E-state index >= 15 is 0 Å². The first-order chi connectivity index (χ1) is 20.6. The molecule has 43 heavy (non-hydrogen) atoms. The van der Waals surface area contributed by atoms with Gasteiger partial charge >= 0.3 is 5.97 Å². The third-order valence-electron chi connectivity index (χ3n) is 8.95. The van der Waals surface area contributed by atoms with Crippen LogP contribution in [-0.4, -0.2) is 50.6 Å². The standard InChI is InChI=1S/C35H39N5O3/c1-21-10-11-25(32(35(4,5)34(41)42-7)28-12-13-30-33(23(28)3)37-38-39(30)6)15-26(21)19-40-18-22(2)43-31-17-24-9-8-14-36-29(24)16-27(31)20-40/h8-17,22,32H,18-20H2,1-7H3/t22-,32?/m1/s1. The van der Waals surface area contributed by atoms with Crippen LogP contribution in [-0.2, 0) is 29.7 Å². The van der Waals surface area contributed by atoms with Gasteiger partial charge < -0.3 is 9.47 Å². The number of aromatic nitrogens is 4. The summed E-state index contributed by atoms with van der Waals surface area (Å²) in [6.07, 6.45) is 1.86. The first-order valence-corrected chi connectivity index (χ1v) is 14.8. The van der Waals surface area contributed by atoms with E-state index in [1.807, 2.05) is 39.2 Å². The Balaban J connectivity index is 1.40. The Morgan fingerprint density at radius 3 is 2.74 bits per heavy atom. The van der Waals surface area contributed by atoms with Gasteiger partial charge in [-0.2, -0.15) is 0 Å². The van der Waals surface area contributed by atoms with Gasteiger partial charge in [0.05, 0.1) is 23.6 Å². The fourth-order valence-corrected chi connectivity index (χ4v) is 6.63. The minimum Gasteiger partial charge on any atom is -0.489 e. The predicted molar refractivity (Wildman–Crippen MR) is 168 cm³/mol. The zero-order valence-electron chi connectivity index (χ0n) is 26.0. The van der Waals surface area contributed by atoms with E-state index in [2.05, 4.69) is 83.4 Å². The van der Waals surface area contributed by atoms with Crippen LogP contribution in [0.3, 0.4) is 0 Å². The molecule has 8 nitrogen and oxygen atoms in total. The number of aryl methyl sites for hydroxylation is 3. The van der Waals surface area contributed by atoms with Crippen LogP contribution in [0.5, 0.6) is 5.75 Å². The van der Waals surface area contributed by atoms with Crippen molar-refractivity contribution in [1.29, 1.82) is 0 Å². The molecule has 0 radical (unpaired) electrons. The number of rotatable bonds is 6. The van der Waals surface area contributed by atoms with Crippen molar-refractivity contribution in [3.8, 4) is 5.75 Å². The number of methoxy groups -OCH3 is 1. The molecule has 0 bridgehead atoms. The molecule has 0 amide bonds. The predicted octanol–water partition coefficient (Wildman–Crippen LogP) is 6.25. The average Bonchev–Trinajstić information content (AvgIpc) is 3.28. The molecule has 1 aliphatic rings. The fraction of sp³-hybridized carbons (Fsp3) is 0.371. The van der Waals surface area contributed by atoms with Crippen LogP contribution >= 0.6 is 0 Å². The Hall–Kier alpha value is -4.30. The summed E-state index contributed by atoms with van der Waals surface area (Å²) in [6.45, 7) is 12.6. The Kier molecular flexibility index (Phi) is 7.42. The Morgan fingerprint density at radius 1 is 1.14 bits per heavy atom. The monoisotopic (exact) mass is 577 g/mol. The van der Waals surface area contributed by atoms with Crippen LogP contribution in [0.1, 0.15) is 60.1 Å². The van der Waals surface area contributed by atoms with Gasteiger partial charge in [0.1, 0.15) is 17.4 Å². The lowest BCUT2D eigenvalue weighted by atomic mass is 9.69. The molecule has 0 spiro atoms. The summed E-state index contributed by atoms with van der Waals surface area (Å²) in [6, 6.07) is 19.0. The number of carbonyl (C=O) groups is 1. The molecular formula is C35H39N5O3. The minimum absolute atomic E-state index is 0.0335. The van der Waals surface area contributed by atoms with Gasteiger partial charge in [0.25, 0.3) is 0 Å². The molecule has 2 atom stereocenters. The number of pyridine rings is 1. The molecule has 3 heterocycles. The minimum atomic E-state index is -0.833. The number of carbonyl (C=O) groups excluding carboxylic acids is 1. The number of hydrogen-bond acceptors (Lipinski definition) is 7. The molecule has 222 valence electrons. The number of fused-ring (bicyclic) bond motifs is 3. The summed E-state index contributed by atoms with van der Waals surface area (Å²) in [5.41, 5.74) is 8.64. The summed E-state index contributed by atoms with van der Waals surface area (Å²) >= 11 is 0. The van der Waals surface area contributed by atoms with E-state index in [9.17, 15) is 4.79 Å². The Bertz CT molecular complexity index is 1840. The topological polar surface area (TPSA) is 82.4 Å². The normalized spacial score (nSPS) is 16.5. The van der Waals surface area contributed by atoms with E-state index in [-0.39, 0.29) is 18.0 Å². The van der Waals surface area contributed by atoms with E-state index in [1.165, 1.54) is 18.2 Å². The lowest BCUT2D eigenvalue weighted by molar-refractivity contribution is -0.151. The van der Waals surface area contributed by atoms with Crippen molar-refractivity contribution in [2.75, 3.05) is 13.7 Å². The first-order valence-electron chi connectivity index (χ1n) is 14.8. The summed E-state index contributed by atoms with van der Waals surface area (Å²) in [4.78, 5) is 20.3.